The monoisotopic (exact) mass is 268 g/mol. The predicted octanol–water partition coefficient (Wildman–Crippen LogP) is 2.10. The highest BCUT2D eigenvalue weighted by atomic mass is 16.3. The fraction of sp³-hybridized carbons (Fsp3) is 1.00. The average molecular weight is 268 g/mol. The number of piperidine rings is 1. The summed E-state index contributed by atoms with van der Waals surface area (Å²) >= 11 is 0. The Morgan fingerprint density at radius 3 is 2.58 bits per heavy atom. The van der Waals surface area contributed by atoms with E-state index in [1.54, 1.807) is 0 Å². The van der Waals surface area contributed by atoms with Crippen LogP contribution in [0, 0.1) is 17.8 Å². The largest absolute Gasteiger partial charge is 0.390 e. The molecule has 0 radical (unpaired) electrons. The van der Waals surface area contributed by atoms with E-state index in [2.05, 4.69) is 24.1 Å². The van der Waals surface area contributed by atoms with Crippen LogP contribution in [-0.2, 0) is 0 Å². The maximum Gasteiger partial charge on any atom is 0.0791 e. The molecule has 112 valence electrons. The van der Waals surface area contributed by atoms with E-state index in [-0.39, 0.29) is 6.10 Å². The van der Waals surface area contributed by atoms with Crippen molar-refractivity contribution in [3.05, 3.63) is 0 Å². The van der Waals surface area contributed by atoms with Crippen LogP contribution in [0.25, 0.3) is 0 Å². The Morgan fingerprint density at radius 1 is 1.11 bits per heavy atom. The van der Waals surface area contributed by atoms with Crippen LogP contribution in [0.4, 0.5) is 0 Å². The maximum absolute atomic E-state index is 10.1. The van der Waals surface area contributed by atoms with Crippen molar-refractivity contribution in [1.82, 2.24) is 10.2 Å². The quantitative estimate of drug-likeness (QED) is 0.774. The molecule has 0 aromatic rings. The lowest BCUT2D eigenvalue weighted by Crippen LogP contribution is -2.46. The zero-order chi connectivity index (χ0) is 13.7. The van der Waals surface area contributed by atoms with Crippen LogP contribution >= 0.6 is 0 Å². The molecule has 1 saturated heterocycles. The molecule has 0 aromatic heterocycles. The third-order valence-electron chi connectivity index (χ3n) is 4.78. The summed E-state index contributed by atoms with van der Waals surface area (Å²) in [5.41, 5.74) is 0. The summed E-state index contributed by atoms with van der Waals surface area (Å²) in [7, 11) is 0. The van der Waals surface area contributed by atoms with Gasteiger partial charge in [0.2, 0.25) is 0 Å². The van der Waals surface area contributed by atoms with Gasteiger partial charge in [0.05, 0.1) is 6.10 Å². The Labute approximate surface area is 118 Å². The van der Waals surface area contributed by atoms with Crippen molar-refractivity contribution in [2.24, 2.45) is 17.8 Å². The lowest BCUT2D eigenvalue weighted by molar-refractivity contribution is 0.0462. The first-order valence-corrected chi connectivity index (χ1v) is 8.26. The standard InChI is InChI=1S/C16H32N2O/c1-13(2)9-17-10-16(19)12-18-8-7-14-5-3-4-6-15(14)11-18/h13-17,19H,3-12H2,1-2H3. The maximum atomic E-state index is 10.1. The fourth-order valence-corrected chi connectivity index (χ4v) is 3.74. The number of hydrogen-bond acceptors (Lipinski definition) is 3. The van der Waals surface area contributed by atoms with Gasteiger partial charge in [-0.2, -0.15) is 0 Å². The van der Waals surface area contributed by atoms with E-state index >= 15 is 0 Å². The van der Waals surface area contributed by atoms with Gasteiger partial charge in [-0.15, -0.1) is 0 Å². The number of aliphatic hydroxyl groups is 1. The third kappa shape index (κ3) is 5.05. The molecule has 0 amide bonds. The number of hydrogen-bond donors (Lipinski definition) is 2. The molecule has 2 N–H and O–H groups in total. The molecule has 3 nitrogen and oxygen atoms in total. The van der Waals surface area contributed by atoms with E-state index in [9.17, 15) is 5.11 Å². The van der Waals surface area contributed by atoms with Crippen molar-refractivity contribution in [3.63, 3.8) is 0 Å². The molecule has 2 fully saturated rings. The molecule has 1 aliphatic heterocycles. The highest BCUT2D eigenvalue weighted by Gasteiger charge is 2.31. The Balaban J connectivity index is 1.65. The second kappa shape index (κ2) is 7.61. The van der Waals surface area contributed by atoms with Crippen molar-refractivity contribution in [1.29, 1.82) is 0 Å². The first kappa shape index (κ1) is 15.3. The molecular weight excluding hydrogens is 236 g/mol. The summed E-state index contributed by atoms with van der Waals surface area (Å²) in [6.07, 6.45) is 6.89. The van der Waals surface area contributed by atoms with Gasteiger partial charge in [0.25, 0.3) is 0 Å². The van der Waals surface area contributed by atoms with Gasteiger partial charge in [-0.3, -0.25) is 0 Å². The van der Waals surface area contributed by atoms with E-state index in [0.29, 0.717) is 5.92 Å². The molecule has 3 atom stereocenters. The number of rotatable bonds is 6. The molecule has 3 heteroatoms. The number of nitrogens with zero attached hydrogens (tertiary/aromatic N) is 1. The first-order valence-electron chi connectivity index (χ1n) is 8.26. The smallest absolute Gasteiger partial charge is 0.0791 e. The fourth-order valence-electron chi connectivity index (χ4n) is 3.74. The summed E-state index contributed by atoms with van der Waals surface area (Å²) in [6, 6.07) is 0. The Bertz CT molecular complexity index is 257. The van der Waals surface area contributed by atoms with Gasteiger partial charge in [-0.1, -0.05) is 33.1 Å². The van der Waals surface area contributed by atoms with Crippen LogP contribution in [-0.4, -0.2) is 48.8 Å². The summed E-state index contributed by atoms with van der Waals surface area (Å²) in [5.74, 6) is 2.56. The SMILES string of the molecule is CC(C)CNCC(O)CN1CCC2CCCCC2C1. The number of nitrogens with one attached hydrogen (secondary N) is 1. The van der Waals surface area contributed by atoms with Crippen molar-refractivity contribution >= 4 is 0 Å². The average Bonchev–Trinajstić information content (AvgIpc) is 2.38. The summed E-state index contributed by atoms with van der Waals surface area (Å²) in [6.45, 7) is 9.42. The van der Waals surface area contributed by atoms with Crippen molar-refractivity contribution in [3.8, 4) is 0 Å². The topological polar surface area (TPSA) is 35.5 Å². The van der Waals surface area contributed by atoms with E-state index in [0.717, 1.165) is 31.5 Å². The van der Waals surface area contributed by atoms with Crippen molar-refractivity contribution in [2.45, 2.75) is 52.1 Å². The minimum atomic E-state index is -0.209. The zero-order valence-corrected chi connectivity index (χ0v) is 12.8. The van der Waals surface area contributed by atoms with Gasteiger partial charge in [-0.25, -0.2) is 0 Å². The third-order valence-corrected chi connectivity index (χ3v) is 4.78. The molecule has 1 saturated carbocycles. The van der Waals surface area contributed by atoms with E-state index in [1.807, 2.05) is 0 Å². The number of aliphatic hydroxyl groups excluding tert-OH is 1. The predicted molar refractivity (Wildman–Crippen MR) is 80.2 cm³/mol. The van der Waals surface area contributed by atoms with Crippen LogP contribution in [0.15, 0.2) is 0 Å². The van der Waals surface area contributed by atoms with E-state index in [4.69, 9.17) is 0 Å². The zero-order valence-electron chi connectivity index (χ0n) is 12.8. The molecule has 1 heterocycles. The number of fused-ring (bicyclic) bond motifs is 1. The van der Waals surface area contributed by atoms with Gasteiger partial charge in [0.1, 0.15) is 0 Å². The summed E-state index contributed by atoms with van der Waals surface area (Å²) in [5, 5.41) is 13.5. The summed E-state index contributed by atoms with van der Waals surface area (Å²) in [4.78, 5) is 2.49. The second-order valence-corrected chi connectivity index (χ2v) is 7.06. The van der Waals surface area contributed by atoms with Gasteiger partial charge < -0.3 is 15.3 Å². The van der Waals surface area contributed by atoms with Gasteiger partial charge in [0, 0.05) is 19.6 Å². The van der Waals surface area contributed by atoms with Crippen LogP contribution in [0.2, 0.25) is 0 Å². The molecule has 1 aliphatic carbocycles. The Kier molecular flexibility index (Phi) is 6.11. The number of β-amino-alcohol motifs (C(OH)–C–C–N with tert-alkyl or cyclic N) is 1. The Morgan fingerprint density at radius 2 is 1.84 bits per heavy atom. The minimum Gasteiger partial charge on any atom is -0.390 e. The van der Waals surface area contributed by atoms with Crippen molar-refractivity contribution < 1.29 is 5.11 Å². The van der Waals surface area contributed by atoms with E-state index in [1.165, 1.54) is 45.2 Å². The first-order chi connectivity index (χ1) is 9.15. The van der Waals surface area contributed by atoms with Gasteiger partial charge in [0.15, 0.2) is 0 Å². The Hall–Kier alpha value is -0.120. The van der Waals surface area contributed by atoms with Crippen LogP contribution in [0.3, 0.4) is 0 Å². The van der Waals surface area contributed by atoms with Crippen LogP contribution in [0.5, 0.6) is 0 Å². The summed E-state index contributed by atoms with van der Waals surface area (Å²) < 4.78 is 0. The lowest BCUT2D eigenvalue weighted by Gasteiger charge is -2.41. The highest BCUT2D eigenvalue weighted by molar-refractivity contribution is 4.84. The second-order valence-electron chi connectivity index (χ2n) is 7.06. The molecule has 3 unspecified atom stereocenters. The molecule has 0 spiro atoms. The molecule has 19 heavy (non-hydrogen) atoms. The van der Waals surface area contributed by atoms with Crippen LogP contribution < -0.4 is 5.32 Å². The molecule has 0 aromatic carbocycles. The highest BCUT2D eigenvalue weighted by Crippen LogP contribution is 2.35. The molecular formula is C16H32N2O. The molecule has 0 bridgehead atoms. The number of likely N-dealkylation sites (tertiary alicyclic amines) is 1. The van der Waals surface area contributed by atoms with Gasteiger partial charge >= 0.3 is 0 Å². The van der Waals surface area contributed by atoms with Crippen LogP contribution in [0.1, 0.15) is 46.0 Å². The molecule has 2 aliphatic rings. The van der Waals surface area contributed by atoms with Crippen molar-refractivity contribution in [2.75, 3.05) is 32.7 Å². The lowest BCUT2D eigenvalue weighted by atomic mass is 9.75. The minimum absolute atomic E-state index is 0.209. The normalized spacial score (nSPS) is 30.3. The van der Waals surface area contributed by atoms with Gasteiger partial charge in [-0.05, 0) is 43.7 Å². The molecule has 2 rings (SSSR count). The van der Waals surface area contributed by atoms with E-state index < -0.39 is 0 Å².